The minimum atomic E-state index is -0.477. The van der Waals surface area contributed by atoms with Gasteiger partial charge >= 0.3 is 0 Å². The van der Waals surface area contributed by atoms with Crippen molar-refractivity contribution in [1.82, 2.24) is 19.9 Å². The number of pyridine rings is 1. The fourth-order valence-electron chi connectivity index (χ4n) is 3.66. The molecule has 1 aromatic carbocycles. The Hall–Kier alpha value is -3.55. The Balaban J connectivity index is 1.48. The van der Waals surface area contributed by atoms with Crippen LogP contribution in [-0.4, -0.2) is 52.5 Å². The van der Waals surface area contributed by atoms with Crippen LogP contribution >= 0.6 is 0 Å². The van der Waals surface area contributed by atoms with E-state index in [1.54, 1.807) is 29.4 Å². The standard InChI is InChI=1S/C23H24FN5O2/c1-25-21-12-19(27-23(28-21)16-6-4-10-26-13-16)17-7-5-11-29(14-17)22(30)15-31-20-9-3-2-8-18(20)24/h2-4,6,8-10,12-13,17H,5,7,11,14-15H2,1H3,(H,25,27,28)/t17-/m1/s1. The van der Waals surface area contributed by atoms with Crippen LogP contribution in [0.25, 0.3) is 11.4 Å². The number of aromatic nitrogens is 3. The summed E-state index contributed by atoms with van der Waals surface area (Å²) in [5.74, 6) is 0.840. The molecule has 0 unspecified atom stereocenters. The molecule has 8 heteroatoms. The molecule has 1 aliphatic rings. The molecule has 1 atom stereocenters. The molecule has 7 nitrogen and oxygen atoms in total. The Morgan fingerprint density at radius 3 is 2.90 bits per heavy atom. The van der Waals surface area contributed by atoms with E-state index in [-0.39, 0.29) is 24.2 Å². The van der Waals surface area contributed by atoms with Crippen molar-refractivity contribution in [2.24, 2.45) is 0 Å². The molecule has 1 aliphatic heterocycles. The highest BCUT2D eigenvalue weighted by molar-refractivity contribution is 5.78. The van der Waals surface area contributed by atoms with Crippen LogP contribution in [0.5, 0.6) is 5.75 Å². The van der Waals surface area contributed by atoms with Gasteiger partial charge in [-0.15, -0.1) is 0 Å². The summed E-state index contributed by atoms with van der Waals surface area (Å²) >= 11 is 0. The number of carbonyl (C=O) groups is 1. The first-order chi connectivity index (χ1) is 15.1. The average molecular weight is 421 g/mol. The Morgan fingerprint density at radius 2 is 2.13 bits per heavy atom. The second-order valence-electron chi connectivity index (χ2n) is 7.39. The van der Waals surface area contributed by atoms with Crippen LogP contribution < -0.4 is 10.1 Å². The lowest BCUT2D eigenvalue weighted by atomic mass is 9.94. The number of carbonyl (C=O) groups excluding carboxylic acids is 1. The number of nitrogens with one attached hydrogen (secondary N) is 1. The minimum Gasteiger partial charge on any atom is -0.481 e. The Kier molecular flexibility index (Phi) is 6.35. The molecule has 3 aromatic rings. The van der Waals surface area contributed by atoms with Crippen LogP contribution in [0.3, 0.4) is 0 Å². The molecule has 2 aromatic heterocycles. The summed E-state index contributed by atoms with van der Waals surface area (Å²) in [5, 5.41) is 3.09. The molecule has 4 rings (SSSR count). The first-order valence-electron chi connectivity index (χ1n) is 10.3. The number of anilines is 1. The SMILES string of the molecule is CNc1cc([C@@H]2CCCN(C(=O)COc3ccccc3F)C2)nc(-c2cccnc2)n1. The lowest BCUT2D eigenvalue weighted by Gasteiger charge is -2.32. The second-order valence-corrected chi connectivity index (χ2v) is 7.39. The number of rotatable bonds is 6. The van der Waals surface area contributed by atoms with Crippen molar-refractivity contribution >= 4 is 11.7 Å². The zero-order valence-corrected chi connectivity index (χ0v) is 17.3. The fraction of sp³-hybridized carbons (Fsp3) is 0.304. The number of hydrogen-bond donors (Lipinski definition) is 1. The van der Waals surface area contributed by atoms with Crippen molar-refractivity contribution in [2.45, 2.75) is 18.8 Å². The number of benzene rings is 1. The fourth-order valence-corrected chi connectivity index (χ4v) is 3.66. The molecule has 3 heterocycles. The predicted molar refractivity (Wildman–Crippen MR) is 115 cm³/mol. The summed E-state index contributed by atoms with van der Waals surface area (Å²) in [6.07, 6.45) is 5.22. The summed E-state index contributed by atoms with van der Waals surface area (Å²) in [7, 11) is 1.82. The van der Waals surface area contributed by atoms with Gasteiger partial charge in [0.25, 0.3) is 5.91 Å². The smallest absolute Gasteiger partial charge is 0.260 e. The van der Waals surface area contributed by atoms with Gasteiger partial charge in [0.1, 0.15) is 5.82 Å². The minimum absolute atomic E-state index is 0.0803. The molecule has 0 saturated carbocycles. The van der Waals surface area contributed by atoms with Crippen molar-refractivity contribution in [3.63, 3.8) is 0 Å². The third-order valence-corrected chi connectivity index (χ3v) is 5.30. The summed E-state index contributed by atoms with van der Waals surface area (Å²) in [4.78, 5) is 27.9. The van der Waals surface area contributed by atoms with E-state index in [1.807, 2.05) is 25.2 Å². The number of amides is 1. The van der Waals surface area contributed by atoms with Crippen LogP contribution in [-0.2, 0) is 4.79 Å². The number of nitrogens with zero attached hydrogens (tertiary/aromatic N) is 4. The van der Waals surface area contributed by atoms with Crippen LogP contribution in [0.4, 0.5) is 10.2 Å². The van der Waals surface area contributed by atoms with E-state index in [9.17, 15) is 9.18 Å². The van der Waals surface area contributed by atoms with Gasteiger partial charge in [-0.05, 0) is 37.1 Å². The van der Waals surface area contributed by atoms with Gasteiger partial charge in [-0.25, -0.2) is 14.4 Å². The van der Waals surface area contributed by atoms with E-state index in [0.29, 0.717) is 18.9 Å². The highest BCUT2D eigenvalue weighted by Crippen LogP contribution is 2.29. The Morgan fingerprint density at radius 1 is 1.26 bits per heavy atom. The maximum Gasteiger partial charge on any atom is 0.260 e. The average Bonchev–Trinajstić information content (AvgIpc) is 2.83. The Bertz CT molecular complexity index is 1050. The van der Waals surface area contributed by atoms with Crippen molar-refractivity contribution in [2.75, 3.05) is 32.1 Å². The number of likely N-dealkylation sites (tertiary alicyclic amines) is 1. The zero-order valence-electron chi connectivity index (χ0n) is 17.3. The third-order valence-electron chi connectivity index (χ3n) is 5.30. The van der Waals surface area contributed by atoms with E-state index in [2.05, 4.69) is 15.3 Å². The summed E-state index contributed by atoms with van der Waals surface area (Å²) < 4.78 is 19.1. The first kappa shape index (κ1) is 20.7. The van der Waals surface area contributed by atoms with Gasteiger partial charge in [0.2, 0.25) is 0 Å². The molecule has 0 radical (unpaired) electrons. The van der Waals surface area contributed by atoms with Crippen LogP contribution in [0.2, 0.25) is 0 Å². The summed E-state index contributed by atoms with van der Waals surface area (Å²) in [6, 6.07) is 11.8. The Labute approximate surface area is 180 Å². The molecule has 160 valence electrons. The van der Waals surface area contributed by atoms with E-state index in [1.165, 1.54) is 12.1 Å². The normalized spacial score (nSPS) is 16.1. The first-order valence-corrected chi connectivity index (χ1v) is 10.3. The quantitative estimate of drug-likeness (QED) is 0.656. The monoisotopic (exact) mass is 421 g/mol. The van der Waals surface area contributed by atoms with E-state index < -0.39 is 5.82 Å². The largest absolute Gasteiger partial charge is 0.481 e. The van der Waals surface area contributed by atoms with Gasteiger partial charge in [0.15, 0.2) is 24.0 Å². The highest BCUT2D eigenvalue weighted by Gasteiger charge is 2.27. The number of ether oxygens (including phenoxy) is 1. The molecule has 31 heavy (non-hydrogen) atoms. The van der Waals surface area contributed by atoms with Crippen molar-refractivity contribution < 1.29 is 13.9 Å². The number of hydrogen-bond acceptors (Lipinski definition) is 6. The maximum atomic E-state index is 13.7. The van der Waals surface area contributed by atoms with Gasteiger partial charge in [-0.2, -0.15) is 0 Å². The lowest BCUT2D eigenvalue weighted by molar-refractivity contribution is -0.134. The second kappa shape index (κ2) is 9.51. The van der Waals surface area contributed by atoms with Crippen LogP contribution in [0, 0.1) is 5.82 Å². The summed E-state index contributed by atoms with van der Waals surface area (Å²) in [6.45, 7) is 0.988. The molecule has 1 N–H and O–H groups in total. The van der Waals surface area contributed by atoms with Crippen molar-refractivity contribution in [3.8, 4) is 17.1 Å². The molecule has 0 aliphatic carbocycles. The molecule has 0 bridgehead atoms. The lowest BCUT2D eigenvalue weighted by Crippen LogP contribution is -2.41. The molecule has 1 saturated heterocycles. The maximum absolute atomic E-state index is 13.7. The third kappa shape index (κ3) is 4.96. The van der Waals surface area contributed by atoms with Crippen LogP contribution in [0.1, 0.15) is 24.5 Å². The summed E-state index contributed by atoms with van der Waals surface area (Å²) in [5.41, 5.74) is 1.72. The topological polar surface area (TPSA) is 80.2 Å². The number of halogens is 1. The molecular formula is C23H24FN5O2. The highest BCUT2D eigenvalue weighted by atomic mass is 19.1. The number of para-hydroxylation sites is 1. The van der Waals surface area contributed by atoms with Crippen molar-refractivity contribution in [1.29, 1.82) is 0 Å². The van der Waals surface area contributed by atoms with Gasteiger partial charge < -0.3 is 15.0 Å². The predicted octanol–water partition coefficient (Wildman–Crippen LogP) is 3.50. The van der Waals surface area contributed by atoms with E-state index in [4.69, 9.17) is 9.72 Å². The molecular weight excluding hydrogens is 397 g/mol. The van der Waals surface area contributed by atoms with Gasteiger partial charge in [0, 0.05) is 50.1 Å². The molecule has 0 spiro atoms. The van der Waals surface area contributed by atoms with E-state index in [0.717, 1.165) is 29.9 Å². The van der Waals surface area contributed by atoms with E-state index >= 15 is 0 Å². The zero-order chi connectivity index (χ0) is 21.6. The van der Waals surface area contributed by atoms with Gasteiger partial charge in [-0.3, -0.25) is 9.78 Å². The molecule has 1 amide bonds. The number of piperidine rings is 1. The van der Waals surface area contributed by atoms with Crippen LogP contribution in [0.15, 0.2) is 54.9 Å². The van der Waals surface area contributed by atoms with Crippen molar-refractivity contribution in [3.05, 3.63) is 66.4 Å². The molecule has 1 fully saturated rings. The van der Waals surface area contributed by atoms with Gasteiger partial charge in [-0.1, -0.05) is 12.1 Å². The van der Waals surface area contributed by atoms with Gasteiger partial charge in [0.05, 0.1) is 5.69 Å².